The van der Waals surface area contributed by atoms with Crippen LogP contribution in [0, 0.1) is 0 Å². The van der Waals surface area contributed by atoms with E-state index >= 15 is 0 Å². The lowest BCUT2D eigenvalue weighted by Crippen LogP contribution is -2.25. The molecule has 188 valence electrons. The van der Waals surface area contributed by atoms with Gasteiger partial charge < -0.3 is 19.3 Å². The lowest BCUT2D eigenvalue weighted by molar-refractivity contribution is 0.284. The van der Waals surface area contributed by atoms with E-state index in [0.717, 1.165) is 63.0 Å². The lowest BCUT2D eigenvalue weighted by atomic mass is 10.2. The van der Waals surface area contributed by atoms with Gasteiger partial charge >= 0.3 is 0 Å². The van der Waals surface area contributed by atoms with Gasteiger partial charge in [-0.15, -0.1) is 0 Å². The van der Waals surface area contributed by atoms with Gasteiger partial charge in [-0.25, -0.2) is 5.43 Å². The highest BCUT2D eigenvalue weighted by Gasteiger charge is 2.21. The Kier molecular flexibility index (Phi) is 7.66. The van der Waals surface area contributed by atoms with Crippen LogP contribution in [0.3, 0.4) is 0 Å². The number of rotatable bonds is 9. The van der Waals surface area contributed by atoms with Gasteiger partial charge in [-0.2, -0.15) is 20.1 Å². The van der Waals surface area contributed by atoms with Gasteiger partial charge in [0, 0.05) is 26.2 Å². The highest BCUT2D eigenvalue weighted by atomic mass is 35.5. The predicted molar refractivity (Wildman–Crippen MR) is 143 cm³/mol. The average Bonchev–Trinajstić information content (AvgIpc) is 3.63. The van der Waals surface area contributed by atoms with Gasteiger partial charge in [0.15, 0.2) is 11.5 Å². The van der Waals surface area contributed by atoms with Crippen LogP contribution in [0.4, 0.5) is 17.8 Å². The quantitative estimate of drug-likeness (QED) is 0.327. The van der Waals surface area contributed by atoms with Crippen molar-refractivity contribution < 1.29 is 9.47 Å². The highest BCUT2D eigenvalue weighted by Crippen LogP contribution is 2.36. The molecule has 0 spiro atoms. The molecule has 2 aliphatic rings. The Morgan fingerprint density at radius 2 is 1.58 bits per heavy atom. The molecule has 2 fully saturated rings. The fourth-order valence-corrected chi connectivity index (χ4v) is 4.64. The topological polar surface area (TPSA) is 88.0 Å². The van der Waals surface area contributed by atoms with Crippen LogP contribution in [0.5, 0.6) is 11.5 Å². The van der Waals surface area contributed by atoms with E-state index in [1.807, 2.05) is 36.4 Å². The number of nitrogens with one attached hydrogen (secondary N) is 1. The number of hydrogen-bond acceptors (Lipinski definition) is 9. The molecule has 0 aliphatic carbocycles. The summed E-state index contributed by atoms with van der Waals surface area (Å²) in [4.78, 5) is 18.4. The van der Waals surface area contributed by atoms with Crippen LogP contribution in [0.25, 0.3) is 0 Å². The van der Waals surface area contributed by atoms with Gasteiger partial charge in [0.25, 0.3) is 0 Å². The zero-order valence-corrected chi connectivity index (χ0v) is 21.1. The summed E-state index contributed by atoms with van der Waals surface area (Å²) in [6.45, 7) is 4.24. The molecule has 36 heavy (non-hydrogen) atoms. The second kappa shape index (κ2) is 11.4. The predicted octanol–water partition coefficient (Wildman–Crippen LogP) is 4.76. The Morgan fingerprint density at radius 1 is 0.944 bits per heavy atom. The fourth-order valence-electron chi connectivity index (χ4n) is 4.37. The second-order valence-corrected chi connectivity index (χ2v) is 9.23. The maximum absolute atomic E-state index is 6.53. The summed E-state index contributed by atoms with van der Waals surface area (Å²) in [5.74, 6) is 2.85. The summed E-state index contributed by atoms with van der Waals surface area (Å²) in [5.41, 5.74) is 4.78. The zero-order valence-electron chi connectivity index (χ0n) is 20.4. The van der Waals surface area contributed by atoms with E-state index in [2.05, 4.69) is 30.3 Å². The Hall–Kier alpha value is -3.59. The molecular formula is C26H30ClN7O2. The molecule has 3 heterocycles. The molecule has 0 amide bonds. The normalized spacial score (nSPS) is 15.6. The van der Waals surface area contributed by atoms with Crippen LogP contribution in [-0.4, -0.2) is 54.5 Å². The third kappa shape index (κ3) is 5.79. The molecule has 2 aromatic carbocycles. The van der Waals surface area contributed by atoms with Crippen molar-refractivity contribution in [3.05, 3.63) is 58.6 Å². The number of hydrazone groups is 1. The molecule has 9 nitrogen and oxygen atoms in total. The lowest BCUT2D eigenvalue weighted by Gasteiger charge is -2.20. The van der Waals surface area contributed by atoms with E-state index in [4.69, 9.17) is 26.1 Å². The number of halogens is 1. The molecular weight excluding hydrogens is 478 g/mol. The largest absolute Gasteiger partial charge is 0.493 e. The standard InChI is InChI=1S/C26H30ClN7O2/c1-35-22-16-20(15-21(27)23(22)36-18-19-9-3-2-4-10-19)17-28-32-24-29-25(33-11-5-6-12-33)31-26(30-24)34-13-7-8-14-34/h2-4,9-10,15-17H,5-8,11-14,18H2,1H3,(H,29,30,31,32)/b28-17+. The van der Waals surface area contributed by atoms with Crippen molar-refractivity contribution in [3.63, 3.8) is 0 Å². The molecule has 0 atom stereocenters. The van der Waals surface area contributed by atoms with Crippen molar-refractivity contribution in [2.75, 3.05) is 48.5 Å². The van der Waals surface area contributed by atoms with E-state index in [-0.39, 0.29) is 0 Å². The molecule has 0 saturated carbocycles. The Labute approximate surface area is 216 Å². The summed E-state index contributed by atoms with van der Waals surface area (Å²) >= 11 is 6.53. The number of anilines is 3. The first-order valence-corrected chi connectivity index (χ1v) is 12.7. The van der Waals surface area contributed by atoms with Gasteiger partial charge in [-0.3, -0.25) is 0 Å². The summed E-state index contributed by atoms with van der Waals surface area (Å²) in [6, 6.07) is 13.5. The van der Waals surface area contributed by atoms with Crippen molar-refractivity contribution in [2.45, 2.75) is 32.3 Å². The molecule has 3 aromatic rings. The maximum Gasteiger partial charge on any atom is 0.250 e. The SMILES string of the molecule is COc1cc(/C=N/Nc2nc(N3CCCC3)nc(N3CCCC3)n2)cc(Cl)c1OCc1ccccc1. The van der Waals surface area contributed by atoms with Crippen molar-refractivity contribution in [1.82, 2.24) is 15.0 Å². The molecule has 1 N–H and O–H groups in total. The van der Waals surface area contributed by atoms with E-state index in [0.29, 0.717) is 41.0 Å². The third-order valence-corrected chi connectivity index (χ3v) is 6.53. The van der Waals surface area contributed by atoms with Crippen LogP contribution in [0.15, 0.2) is 47.6 Å². The number of hydrogen-bond donors (Lipinski definition) is 1. The number of nitrogens with zero attached hydrogens (tertiary/aromatic N) is 6. The first-order valence-electron chi connectivity index (χ1n) is 12.3. The van der Waals surface area contributed by atoms with Crippen molar-refractivity contribution in [1.29, 1.82) is 0 Å². The van der Waals surface area contributed by atoms with Crippen LogP contribution in [-0.2, 0) is 6.61 Å². The minimum absolute atomic E-state index is 0.393. The van der Waals surface area contributed by atoms with Gasteiger partial charge in [0.2, 0.25) is 17.8 Å². The maximum atomic E-state index is 6.53. The zero-order chi connectivity index (χ0) is 24.7. The molecule has 2 saturated heterocycles. The monoisotopic (exact) mass is 507 g/mol. The smallest absolute Gasteiger partial charge is 0.250 e. The molecule has 0 unspecified atom stereocenters. The Morgan fingerprint density at radius 3 is 2.19 bits per heavy atom. The average molecular weight is 508 g/mol. The van der Waals surface area contributed by atoms with Gasteiger partial charge in [0.05, 0.1) is 18.3 Å². The van der Waals surface area contributed by atoms with E-state index < -0.39 is 0 Å². The fraction of sp³-hybridized carbons (Fsp3) is 0.385. The molecule has 1 aromatic heterocycles. The molecule has 2 aliphatic heterocycles. The van der Waals surface area contributed by atoms with Crippen LogP contribution >= 0.6 is 11.6 Å². The highest BCUT2D eigenvalue weighted by molar-refractivity contribution is 6.32. The van der Waals surface area contributed by atoms with Crippen molar-refractivity contribution >= 4 is 35.7 Å². The third-order valence-electron chi connectivity index (χ3n) is 6.25. The molecule has 0 bridgehead atoms. The summed E-state index contributed by atoms with van der Waals surface area (Å²) in [6.07, 6.45) is 6.27. The molecule has 0 radical (unpaired) electrons. The Balaban J connectivity index is 1.31. The molecule has 5 rings (SSSR count). The van der Waals surface area contributed by atoms with Gasteiger partial charge in [-0.1, -0.05) is 41.9 Å². The number of aromatic nitrogens is 3. The van der Waals surface area contributed by atoms with Crippen molar-refractivity contribution in [2.24, 2.45) is 5.10 Å². The van der Waals surface area contributed by atoms with Crippen molar-refractivity contribution in [3.8, 4) is 11.5 Å². The summed E-state index contributed by atoms with van der Waals surface area (Å²) in [5, 5.41) is 4.81. The van der Waals surface area contributed by atoms with E-state index in [1.165, 1.54) is 0 Å². The van der Waals surface area contributed by atoms with E-state index in [9.17, 15) is 0 Å². The van der Waals surface area contributed by atoms with Crippen LogP contribution < -0.4 is 24.7 Å². The van der Waals surface area contributed by atoms with Gasteiger partial charge in [0.1, 0.15) is 6.61 Å². The number of methoxy groups -OCH3 is 1. The van der Waals surface area contributed by atoms with Crippen LogP contribution in [0.2, 0.25) is 5.02 Å². The van der Waals surface area contributed by atoms with Crippen LogP contribution in [0.1, 0.15) is 36.8 Å². The summed E-state index contributed by atoms with van der Waals surface area (Å²) in [7, 11) is 1.59. The minimum Gasteiger partial charge on any atom is -0.493 e. The Bertz CT molecular complexity index is 1160. The summed E-state index contributed by atoms with van der Waals surface area (Å²) < 4.78 is 11.5. The first-order chi connectivity index (χ1) is 17.7. The second-order valence-electron chi connectivity index (χ2n) is 8.83. The van der Waals surface area contributed by atoms with Gasteiger partial charge in [-0.05, 0) is 48.9 Å². The number of benzene rings is 2. The minimum atomic E-state index is 0.393. The number of ether oxygens (including phenoxy) is 2. The first kappa shape index (κ1) is 24.1. The van der Waals surface area contributed by atoms with E-state index in [1.54, 1.807) is 19.4 Å². The molecule has 10 heteroatoms.